The molecule has 1 aromatic carbocycles. The van der Waals surface area contributed by atoms with E-state index in [0.717, 1.165) is 9.04 Å². The fourth-order valence-corrected chi connectivity index (χ4v) is 4.20. The Hall–Kier alpha value is -3.19. The van der Waals surface area contributed by atoms with Crippen molar-refractivity contribution in [3.8, 4) is 0 Å². The summed E-state index contributed by atoms with van der Waals surface area (Å²) in [7, 11) is 2.86. The van der Waals surface area contributed by atoms with Crippen molar-refractivity contribution in [3.63, 3.8) is 0 Å². The molecular formula is C18H16BrN7O4S. The van der Waals surface area contributed by atoms with Gasteiger partial charge >= 0.3 is 5.69 Å². The number of hydrogen-bond acceptors (Lipinski definition) is 7. The first-order valence-corrected chi connectivity index (χ1v) is 10.7. The van der Waals surface area contributed by atoms with E-state index in [9.17, 15) is 19.2 Å². The maximum absolute atomic E-state index is 12.5. The Balaban J connectivity index is 1.56. The summed E-state index contributed by atoms with van der Waals surface area (Å²) in [5, 5.41) is 4.43. The van der Waals surface area contributed by atoms with E-state index in [2.05, 4.69) is 31.4 Å². The van der Waals surface area contributed by atoms with Gasteiger partial charge in [-0.15, -0.1) is 5.10 Å². The second-order valence-corrected chi connectivity index (χ2v) is 8.53. The van der Waals surface area contributed by atoms with Crippen LogP contribution in [0.4, 0.5) is 5.69 Å². The number of carbonyl (C=O) groups excluding carboxylic acids is 2. The Morgan fingerprint density at radius 1 is 1.19 bits per heavy atom. The van der Waals surface area contributed by atoms with Crippen LogP contribution in [0.15, 0.2) is 49.8 Å². The van der Waals surface area contributed by atoms with Gasteiger partial charge in [0.2, 0.25) is 5.91 Å². The standard InChI is InChI=1S/C18H16BrN7O4S/c1-23-15-14(16(29)24(2)18(23)30)25(9-20-15)7-12(27)21-22-17-26(13(28)8-31-17)11-5-3-10(19)4-6-11/h3-6,9H,7-8H2,1-2H3,(H,21,27). The maximum Gasteiger partial charge on any atom is 0.332 e. The Morgan fingerprint density at radius 3 is 2.61 bits per heavy atom. The number of halogens is 1. The van der Waals surface area contributed by atoms with Crippen LogP contribution in [-0.4, -0.2) is 41.4 Å². The molecule has 3 aromatic rings. The van der Waals surface area contributed by atoms with Gasteiger partial charge in [0.1, 0.15) is 6.54 Å². The molecule has 0 radical (unpaired) electrons. The second-order valence-electron chi connectivity index (χ2n) is 6.67. The fourth-order valence-electron chi connectivity index (χ4n) is 3.11. The number of fused-ring (bicyclic) bond motifs is 1. The van der Waals surface area contributed by atoms with E-state index >= 15 is 0 Å². The van der Waals surface area contributed by atoms with Crippen LogP contribution in [0.25, 0.3) is 11.2 Å². The van der Waals surface area contributed by atoms with Crippen LogP contribution in [0.1, 0.15) is 0 Å². The molecule has 13 heteroatoms. The summed E-state index contributed by atoms with van der Waals surface area (Å²) in [6, 6.07) is 7.14. The normalized spacial score (nSPS) is 15.3. The molecule has 0 saturated carbocycles. The minimum atomic E-state index is -0.548. The SMILES string of the molecule is Cn1c(=O)c2c(ncn2CC(=O)NN=C2SCC(=O)N2c2ccc(Br)cc2)n(C)c1=O. The van der Waals surface area contributed by atoms with Crippen LogP contribution in [0.3, 0.4) is 0 Å². The molecule has 1 saturated heterocycles. The molecule has 2 amide bonds. The summed E-state index contributed by atoms with van der Waals surface area (Å²) in [6.45, 7) is -0.238. The van der Waals surface area contributed by atoms with E-state index in [0.29, 0.717) is 10.9 Å². The maximum atomic E-state index is 12.5. The number of amidine groups is 1. The number of aromatic nitrogens is 4. The van der Waals surface area contributed by atoms with Gasteiger partial charge in [-0.1, -0.05) is 27.7 Å². The number of thioether (sulfide) groups is 1. The number of carbonyl (C=O) groups is 2. The molecule has 160 valence electrons. The van der Waals surface area contributed by atoms with Crippen LogP contribution < -0.4 is 21.6 Å². The highest BCUT2D eigenvalue weighted by molar-refractivity contribution is 9.10. The molecule has 1 fully saturated rings. The average molecular weight is 506 g/mol. The number of imidazole rings is 1. The van der Waals surface area contributed by atoms with Crippen molar-refractivity contribution in [1.82, 2.24) is 24.1 Å². The molecule has 2 aromatic heterocycles. The average Bonchev–Trinajstić information content (AvgIpc) is 3.33. The van der Waals surface area contributed by atoms with Crippen LogP contribution in [0.2, 0.25) is 0 Å². The molecule has 1 aliphatic rings. The van der Waals surface area contributed by atoms with Gasteiger partial charge in [0, 0.05) is 18.6 Å². The zero-order valence-electron chi connectivity index (χ0n) is 16.4. The molecule has 31 heavy (non-hydrogen) atoms. The molecular weight excluding hydrogens is 490 g/mol. The van der Waals surface area contributed by atoms with Gasteiger partial charge < -0.3 is 4.57 Å². The third-order valence-corrected chi connectivity index (χ3v) is 6.11. The molecule has 1 N–H and O–H groups in total. The number of amides is 2. The lowest BCUT2D eigenvalue weighted by Gasteiger charge is -2.16. The molecule has 0 bridgehead atoms. The van der Waals surface area contributed by atoms with Gasteiger partial charge in [-0.2, -0.15) is 0 Å². The van der Waals surface area contributed by atoms with E-state index < -0.39 is 17.2 Å². The quantitative estimate of drug-likeness (QED) is 0.510. The molecule has 0 atom stereocenters. The summed E-state index contributed by atoms with van der Waals surface area (Å²) in [5.41, 5.74) is 2.32. The van der Waals surface area contributed by atoms with Gasteiger partial charge in [-0.25, -0.2) is 15.2 Å². The second kappa shape index (κ2) is 8.15. The highest BCUT2D eigenvalue weighted by Gasteiger charge is 2.30. The summed E-state index contributed by atoms with van der Waals surface area (Å²) in [4.78, 5) is 54.7. The minimum Gasteiger partial charge on any atom is -0.315 e. The van der Waals surface area contributed by atoms with Crippen LogP contribution in [0, 0.1) is 0 Å². The zero-order chi connectivity index (χ0) is 22.3. The lowest BCUT2D eigenvalue weighted by atomic mass is 10.3. The molecule has 0 spiro atoms. The zero-order valence-corrected chi connectivity index (χ0v) is 18.8. The fraction of sp³-hybridized carbons (Fsp3) is 0.222. The summed E-state index contributed by atoms with van der Waals surface area (Å²) >= 11 is 4.56. The van der Waals surface area contributed by atoms with Gasteiger partial charge in [0.15, 0.2) is 16.3 Å². The van der Waals surface area contributed by atoms with Gasteiger partial charge in [-0.3, -0.25) is 28.4 Å². The van der Waals surface area contributed by atoms with Gasteiger partial charge in [-0.05, 0) is 24.3 Å². The number of nitrogens with zero attached hydrogens (tertiary/aromatic N) is 6. The molecule has 3 heterocycles. The van der Waals surface area contributed by atoms with Crippen molar-refractivity contribution in [3.05, 3.63) is 55.9 Å². The third kappa shape index (κ3) is 3.81. The Labute approximate surface area is 187 Å². The van der Waals surface area contributed by atoms with Crippen molar-refractivity contribution < 1.29 is 9.59 Å². The van der Waals surface area contributed by atoms with Crippen molar-refractivity contribution in [2.75, 3.05) is 10.7 Å². The Kier molecular flexibility index (Phi) is 5.54. The third-order valence-electron chi connectivity index (χ3n) is 4.66. The minimum absolute atomic E-state index is 0.134. The highest BCUT2D eigenvalue weighted by Crippen LogP contribution is 2.27. The molecule has 1 aliphatic heterocycles. The lowest BCUT2D eigenvalue weighted by molar-refractivity contribution is -0.121. The number of aryl methyl sites for hydroxylation is 1. The van der Waals surface area contributed by atoms with Gasteiger partial charge in [0.25, 0.3) is 11.5 Å². The number of nitrogens with one attached hydrogen (secondary N) is 1. The predicted octanol–water partition coefficient (Wildman–Crippen LogP) is 0.363. The van der Waals surface area contributed by atoms with Crippen molar-refractivity contribution in [2.45, 2.75) is 6.54 Å². The van der Waals surface area contributed by atoms with Crippen LogP contribution in [-0.2, 0) is 30.2 Å². The monoisotopic (exact) mass is 505 g/mol. The van der Waals surface area contributed by atoms with Crippen molar-refractivity contribution >= 4 is 61.5 Å². The number of hydrogen-bond donors (Lipinski definition) is 1. The Bertz CT molecular complexity index is 1360. The molecule has 0 unspecified atom stereocenters. The first-order valence-electron chi connectivity index (χ1n) is 8.96. The molecule has 4 rings (SSSR count). The topological polar surface area (TPSA) is 124 Å². The van der Waals surface area contributed by atoms with E-state index in [1.165, 1.54) is 46.2 Å². The Morgan fingerprint density at radius 2 is 1.90 bits per heavy atom. The van der Waals surface area contributed by atoms with Crippen LogP contribution >= 0.6 is 27.7 Å². The number of rotatable bonds is 4. The largest absolute Gasteiger partial charge is 0.332 e. The number of anilines is 1. The molecule has 11 nitrogen and oxygen atoms in total. The summed E-state index contributed by atoms with van der Waals surface area (Å²) in [6.07, 6.45) is 1.32. The summed E-state index contributed by atoms with van der Waals surface area (Å²) < 4.78 is 4.42. The number of benzene rings is 1. The van der Waals surface area contributed by atoms with Gasteiger partial charge in [0.05, 0.1) is 17.8 Å². The first-order chi connectivity index (χ1) is 14.8. The van der Waals surface area contributed by atoms with Crippen molar-refractivity contribution in [1.29, 1.82) is 0 Å². The van der Waals surface area contributed by atoms with E-state index in [4.69, 9.17) is 0 Å². The summed E-state index contributed by atoms with van der Waals surface area (Å²) in [5.74, 6) is -0.454. The van der Waals surface area contributed by atoms with Crippen LogP contribution in [0.5, 0.6) is 0 Å². The highest BCUT2D eigenvalue weighted by atomic mass is 79.9. The lowest BCUT2D eigenvalue weighted by Crippen LogP contribution is -2.38. The van der Waals surface area contributed by atoms with E-state index in [-0.39, 0.29) is 29.4 Å². The predicted molar refractivity (Wildman–Crippen MR) is 120 cm³/mol. The smallest absolute Gasteiger partial charge is 0.315 e. The van der Waals surface area contributed by atoms with E-state index in [1.807, 2.05) is 0 Å². The number of hydrazone groups is 1. The first kappa shape index (κ1) is 21.1. The van der Waals surface area contributed by atoms with E-state index in [1.54, 1.807) is 24.3 Å². The molecule has 0 aliphatic carbocycles. The van der Waals surface area contributed by atoms with Crippen molar-refractivity contribution in [2.24, 2.45) is 19.2 Å².